The number of guanidine groups is 1. The summed E-state index contributed by atoms with van der Waals surface area (Å²) in [6.45, 7) is 1.40. The van der Waals surface area contributed by atoms with E-state index in [0.29, 0.717) is 48.4 Å². The van der Waals surface area contributed by atoms with E-state index in [4.69, 9.17) is 30.1 Å². The fraction of sp³-hybridized carbons (Fsp3) is 0.560. The first-order valence-electron chi connectivity index (χ1n) is 24.5. The van der Waals surface area contributed by atoms with E-state index in [1.807, 2.05) is 18.2 Å². The minimum Gasteiger partial charge on any atom is -0.493 e. The van der Waals surface area contributed by atoms with Gasteiger partial charge < -0.3 is 66.6 Å². The molecular weight excluding hydrogens is 919 g/mol. The molecule has 6 amide bonds. The van der Waals surface area contributed by atoms with Crippen LogP contribution in [-0.4, -0.2) is 122 Å². The van der Waals surface area contributed by atoms with Gasteiger partial charge in [0, 0.05) is 50.0 Å². The Morgan fingerprint density at radius 3 is 2.46 bits per heavy atom. The Bertz CT molecular complexity index is 2440. The van der Waals surface area contributed by atoms with Crippen LogP contribution in [0.3, 0.4) is 0 Å². The van der Waals surface area contributed by atoms with Crippen molar-refractivity contribution in [3.63, 3.8) is 0 Å². The summed E-state index contributed by atoms with van der Waals surface area (Å²) in [5.41, 5.74) is 8.50. The maximum Gasteiger partial charge on any atom is 0.415 e. The number of benzene rings is 2. The quantitative estimate of drug-likeness (QED) is 0.0466. The predicted octanol–water partition coefficient (Wildman–Crippen LogP) is 2.45. The lowest BCUT2D eigenvalue weighted by Gasteiger charge is -2.44. The molecule has 21 heteroatoms. The standard InChI is InChI=1S/C50H65N9O12/c1-28(60)55-25-39(61)57-35(12-8-19-54-46(51)52)44(63)56-24-32-21-30(43(62)53-18-7-6-11-36(45(64)65)58-47(66)69-26-29-9-4-3-5-10-29)17-20-59(32)48(67)70-38-16-14-33-34-23-49(34)22-31-13-15-37(68-2)41-40(31)50(33,27-49)42(38)71-41/h3-5,9-10,13,15-16,30,32-36,42H,6-8,11-12,14,17-27H2,1-2H3,(H,53,62)(H,55,60)(H,56,63)(H,57,61)(H,58,66)(H,64,65)(H4,51,52,54)/t30?,32?,33-,34-,35-,36-,42-,49?,50-/m0/s1. The SMILES string of the molecule is COc1ccc2c3c1O[C@H]1C(OC(=O)N4CCC(C(=O)NCCCC[C@H](NC(=O)OCc5ccccc5)C(=O)O)CC4CNC(=O)[C@H](CCCNC(=N)N)NC(=O)CNC(C)=O)=CC[C@H]4[C@@H]5CC5(C2)C[C@]314. The van der Waals surface area contributed by atoms with Crippen LogP contribution < -0.4 is 47.1 Å². The number of nitrogens with zero attached hydrogens (tertiary/aromatic N) is 1. The first-order valence-corrected chi connectivity index (χ1v) is 24.5. The van der Waals surface area contributed by atoms with Crippen LogP contribution in [0.5, 0.6) is 11.5 Å². The number of rotatable bonds is 22. The molecule has 10 N–H and O–H groups in total. The van der Waals surface area contributed by atoms with Gasteiger partial charge in [0.15, 0.2) is 23.6 Å². The van der Waals surface area contributed by atoms with Crippen molar-refractivity contribution in [1.29, 1.82) is 5.41 Å². The van der Waals surface area contributed by atoms with E-state index < -0.39 is 66.0 Å². The van der Waals surface area contributed by atoms with Crippen LogP contribution in [0.25, 0.3) is 0 Å². The van der Waals surface area contributed by atoms with E-state index >= 15 is 0 Å². The number of nitrogens with one attached hydrogen (secondary N) is 7. The number of carboxylic acids is 1. The van der Waals surface area contributed by atoms with Gasteiger partial charge in [-0.05, 0) is 111 Å². The summed E-state index contributed by atoms with van der Waals surface area (Å²) in [6.07, 6.45) is 5.63. The van der Waals surface area contributed by atoms with Crippen molar-refractivity contribution in [3.05, 3.63) is 71.0 Å². The lowest BCUT2D eigenvalue weighted by Crippen LogP contribution is -2.56. The summed E-state index contributed by atoms with van der Waals surface area (Å²) in [5.74, 6) is -1.20. The summed E-state index contributed by atoms with van der Waals surface area (Å²) in [7, 11) is 1.62. The maximum absolute atomic E-state index is 14.5. The van der Waals surface area contributed by atoms with Crippen molar-refractivity contribution >= 4 is 47.7 Å². The number of alkyl carbamates (subject to hydrolysis) is 1. The Labute approximate surface area is 411 Å². The van der Waals surface area contributed by atoms with Crippen LogP contribution in [-0.2, 0) is 51.9 Å². The van der Waals surface area contributed by atoms with E-state index in [1.165, 1.54) is 29.4 Å². The van der Waals surface area contributed by atoms with Gasteiger partial charge in [0.25, 0.3) is 0 Å². The zero-order valence-corrected chi connectivity index (χ0v) is 40.1. The molecule has 2 saturated carbocycles. The molecule has 2 bridgehead atoms. The molecule has 21 nitrogen and oxygen atoms in total. The van der Waals surface area contributed by atoms with Crippen LogP contribution in [0.15, 0.2) is 54.3 Å². The second kappa shape index (κ2) is 21.5. The third-order valence-electron chi connectivity index (χ3n) is 15.2. The number of hydrogen-bond acceptors (Lipinski definition) is 12. The molecule has 71 heavy (non-hydrogen) atoms. The first-order chi connectivity index (χ1) is 34.1. The number of allylic oxidation sites excluding steroid dienone is 1. The normalized spacial score (nSPS) is 25.5. The third kappa shape index (κ3) is 11.0. The number of fused-ring (bicyclic) bond motifs is 1. The highest BCUT2D eigenvalue weighted by molar-refractivity contribution is 5.90. The van der Waals surface area contributed by atoms with Gasteiger partial charge in [-0.15, -0.1) is 0 Å². The van der Waals surface area contributed by atoms with Crippen LogP contribution in [0, 0.1) is 28.6 Å². The molecule has 2 aliphatic heterocycles. The Kier molecular flexibility index (Phi) is 15.3. The zero-order valence-electron chi connectivity index (χ0n) is 40.1. The predicted molar refractivity (Wildman–Crippen MR) is 255 cm³/mol. The van der Waals surface area contributed by atoms with Crippen LogP contribution in [0.2, 0.25) is 0 Å². The summed E-state index contributed by atoms with van der Waals surface area (Å²) in [5, 5.41) is 33.2. The monoisotopic (exact) mass is 983 g/mol. The lowest BCUT2D eigenvalue weighted by molar-refractivity contribution is -0.139. The van der Waals surface area contributed by atoms with Gasteiger partial charge >= 0.3 is 18.2 Å². The number of amides is 6. The Balaban J connectivity index is 0.914. The molecule has 2 aromatic rings. The highest BCUT2D eigenvalue weighted by atomic mass is 16.6. The molecule has 3 unspecified atom stereocenters. The number of carbonyl (C=O) groups excluding carboxylic acids is 6. The summed E-state index contributed by atoms with van der Waals surface area (Å²) >= 11 is 0. The Hall–Kier alpha value is -7.06. The molecule has 2 aromatic carbocycles. The average molecular weight is 984 g/mol. The molecule has 1 saturated heterocycles. The van der Waals surface area contributed by atoms with Crippen molar-refractivity contribution in [1.82, 2.24) is 36.8 Å². The molecule has 2 spiro atoms. The highest BCUT2D eigenvalue weighted by Gasteiger charge is 2.78. The van der Waals surface area contributed by atoms with E-state index in [9.17, 15) is 38.7 Å². The van der Waals surface area contributed by atoms with E-state index in [-0.39, 0.29) is 87.7 Å². The molecule has 0 aromatic heterocycles. The number of unbranched alkanes of at least 4 members (excludes halogenated alkanes) is 1. The van der Waals surface area contributed by atoms with Crippen LogP contribution in [0.1, 0.15) is 87.8 Å². The van der Waals surface area contributed by atoms with Crippen molar-refractivity contribution in [2.45, 2.75) is 114 Å². The third-order valence-corrected chi connectivity index (χ3v) is 15.2. The molecular formula is C50H65N9O12. The number of aliphatic carboxylic acids is 1. The second-order valence-electron chi connectivity index (χ2n) is 19.7. The number of piperidine rings is 1. The Morgan fingerprint density at radius 2 is 1.72 bits per heavy atom. The second-order valence-corrected chi connectivity index (χ2v) is 19.7. The van der Waals surface area contributed by atoms with Crippen LogP contribution in [0.4, 0.5) is 9.59 Å². The molecule has 3 fully saturated rings. The minimum absolute atomic E-state index is 0.0132. The fourth-order valence-corrected chi connectivity index (χ4v) is 11.9. The van der Waals surface area contributed by atoms with Crippen molar-refractivity contribution in [3.8, 4) is 11.5 Å². The topological polar surface area (TPSA) is 302 Å². The average Bonchev–Trinajstić information content (AvgIpc) is 3.80. The summed E-state index contributed by atoms with van der Waals surface area (Å²) < 4.78 is 24.1. The fourth-order valence-electron chi connectivity index (χ4n) is 11.9. The largest absolute Gasteiger partial charge is 0.493 e. The number of hydrogen-bond donors (Lipinski definition) is 9. The smallest absolute Gasteiger partial charge is 0.415 e. The summed E-state index contributed by atoms with van der Waals surface area (Å²) in [4.78, 5) is 92.3. The number of carboxylic acid groups (broad SMARTS) is 1. The van der Waals surface area contributed by atoms with Crippen molar-refractivity contribution < 1.29 is 57.6 Å². The minimum atomic E-state index is -1.21. The van der Waals surface area contributed by atoms with Crippen molar-refractivity contribution in [2.75, 3.05) is 39.8 Å². The number of ether oxygens (including phenoxy) is 4. The first kappa shape index (κ1) is 50.3. The van der Waals surface area contributed by atoms with Gasteiger partial charge in [-0.1, -0.05) is 36.4 Å². The number of methoxy groups -OCH3 is 1. The molecule has 2 heterocycles. The van der Waals surface area contributed by atoms with Crippen LogP contribution >= 0.6 is 0 Å². The van der Waals surface area contributed by atoms with Gasteiger partial charge in [-0.25, -0.2) is 14.4 Å². The van der Waals surface area contributed by atoms with Gasteiger partial charge in [-0.2, -0.15) is 0 Å². The van der Waals surface area contributed by atoms with Gasteiger partial charge in [0.2, 0.25) is 23.6 Å². The molecule has 9 atom stereocenters. The number of likely N-dealkylation sites (tertiary alicyclic amines) is 1. The lowest BCUT2D eigenvalue weighted by atomic mass is 9.59. The Morgan fingerprint density at radius 1 is 0.944 bits per heavy atom. The summed E-state index contributed by atoms with van der Waals surface area (Å²) in [6, 6.07) is 10.1. The molecule has 6 aliphatic rings. The number of nitrogens with two attached hydrogens (primary N) is 1. The van der Waals surface area contributed by atoms with Gasteiger partial charge in [0.05, 0.1) is 19.7 Å². The molecule has 382 valence electrons. The van der Waals surface area contributed by atoms with E-state index in [1.54, 1.807) is 31.4 Å². The maximum atomic E-state index is 14.5. The van der Waals surface area contributed by atoms with E-state index in [2.05, 4.69) is 38.0 Å². The zero-order chi connectivity index (χ0) is 50.5. The molecule has 8 rings (SSSR count). The highest BCUT2D eigenvalue weighted by Crippen LogP contribution is 2.81. The molecule has 0 radical (unpaired) electrons. The molecule has 4 aliphatic carbocycles. The van der Waals surface area contributed by atoms with Crippen molar-refractivity contribution in [2.24, 2.45) is 28.9 Å². The van der Waals surface area contributed by atoms with E-state index in [0.717, 1.165) is 24.8 Å². The number of carbonyl (C=O) groups is 7. The van der Waals surface area contributed by atoms with Gasteiger partial charge in [-0.3, -0.25) is 24.6 Å². The van der Waals surface area contributed by atoms with Gasteiger partial charge in [0.1, 0.15) is 24.4 Å².